The van der Waals surface area contributed by atoms with Gasteiger partial charge < -0.3 is 0 Å². The highest BCUT2D eigenvalue weighted by Crippen LogP contribution is 2.06. The number of alkyl halides is 1. The SMILES string of the molecule is Cc1cc(C(=O)CBr)cc(C)n1. The van der Waals surface area contributed by atoms with E-state index in [1.165, 1.54) is 0 Å². The Morgan fingerprint density at radius 1 is 1.42 bits per heavy atom. The molecule has 0 spiro atoms. The number of nitrogens with zero attached hydrogens (tertiary/aromatic N) is 1. The number of aryl methyl sites for hydroxylation is 2. The van der Waals surface area contributed by atoms with Crippen LogP contribution in [-0.2, 0) is 0 Å². The van der Waals surface area contributed by atoms with Crippen LogP contribution in [0.5, 0.6) is 0 Å². The van der Waals surface area contributed by atoms with E-state index >= 15 is 0 Å². The quantitative estimate of drug-likeness (QED) is 0.574. The number of rotatable bonds is 2. The molecule has 0 amide bonds. The molecule has 0 bridgehead atoms. The Labute approximate surface area is 80.1 Å². The second-order valence-corrected chi connectivity index (χ2v) is 3.26. The van der Waals surface area contributed by atoms with E-state index in [9.17, 15) is 4.79 Å². The Balaban J connectivity index is 3.08. The molecule has 2 nitrogen and oxygen atoms in total. The van der Waals surface area contributed by atoms with Gasteiger partial charge >= 0.3 is 0 Å². The molecule has 0 radical (unpaired) electrons. The third kappa shape index (κ3) is 2.14. The number of carbonyl (C=O) groups is 1. The Kier molecular flexibility index (Phi) is 2.98. The van der Waals surface area contributed by atoms with Gasteiger partial charge in [-0.15, -0.1) is 0 Å². The molecular formula is C9H10BrNO. The fraction of sp³-hybridized carbons (Fsp3) is 0.333. The predicted molar refractivity (Wildman–Crippen MR) is 51.8 cm³/mol. The van der Waals surface area contributed by atoms with Crippen LogP contribution < -0.4 is 0 Å². The molecule has 0 unspecified atom stereocenters. The molecule has 1 rings (SSSR count). The molecule has 0 fully saturated rings. The molecule has 0 saturated heterocycles. The zero-order chi connectivity index (χ0) is 9.14. The Bertz CT molecular complexity index is 289. The topological polar surface area (TPSA) is 30.0 Å². The lowest BCUT2D eigenvalue weighted by molar-refractivity contribution is 0.102. The van der Waals surface area contributed by atoms with E-state index in [1.54, 1.807) is 12.1 Å². The average Bonchev–Trinajstić information content (AvgIpc) is 2.01. The zero-order valence-corrected chi connectivity index (χ0v) is 8.68. The van der Waals surface area contributed by atoms with Crippen LogP contribution in [0.25, 0.3) is 0 Å². The maximum absolute atomic E-state index is 11.2. The predicted octanol–water partition coefficient (Wildman–Crippen LogP) is 2.28. The van der Waals surface area contributed by atoms with Crippen molar-refractivity contribution in [2.75, 3.05) is 5.33 Å². The number of pyridine rings is 1. The van der Waals surface area contributed by atoms with Gasteiger partial charge in [0.15, 0.2) is 5.78 Å². The van der Waals surface area contributed by atoms with Crippen LogP contribution in [0.15, 0.2) is 12.1 Å². The Morgan fingerprint density at radius 2 is 1.92 bits per heavy atom. The van der Waals surface area contributed by atoms with E-state index < -0.39 is 0 Å². The summed E-state index contributed by atoms with van der Waals surface area (Å²) in [4.78, 5) is 15.4. The lowest BCUT2D eigenvalue weighted by atomic mass is 10.1. The van der Waals surface area contributed by atoms with Crippen LogP contribution in [0.2, 0.25) is 0 Å². The van der Waals surface area contributed by atoms with E-state index in [-0.39, 0.29) is 5.78 Å². The van der Waals surface area contributed by atoms with Crippen molar-refractivity contribution in [2.45, 2.75) is 13.8 Å². The largest absolute Gasteiger partial charge is 0.293 e. The Morgan fingerprint density at radius 3 is 2.33 bits per heavy atom. The number of hydrogen-bond donors (Lipinski definition) is 0. The van der Waals surface area contributed by atoms with Crippen LogP contribution >= 0.6 is 15.9 Å². The van der Waals surface area contributed by atoms with Crippen molar-refractivity contribution in [3.63, 3.8) is 0 Å². The van der Waals surface area contributed by atoms with Gasteiger partial charge in [0, 0.05) is 17.0 Å². The summed E-state index contributed by atoms with van der Waals surface area (Å²) in [6, 6.07) is 3.60. The smallest absolute Gasteiger partial charge is 0.173 e. The van der Waals surface area contributed by atoms with Gasteiger partial charge in [-0.1, -0.05) is 15.9 Å². The minimum Gasteiger partial charge on any atom is -0.293 e. The summed E-state index contributed by atoms with van der Waals surface area (Å²) in [5, 5.41) is 0.371. The molecule has 0 aliphatic rings. The molecule has 12 heavy (non-hydrogen) atoms. The van der Waals surface area contributed by atoms with E-state index in [4.69, 9.17) is 0 Å². The summed E-state index contributed by atoms with van der Waals surface area (Å²) in [6.45, 7) is 3.77. The van der Waals surface area contributed by atoms with E-state index in [2.05, 4.69) is 20.9 Å². The first-order valence-corrected chi connectivity index (χ1v) is 4.80. The number of hydrogen-bond acceptors (Lipinski definition) is 2. The molecule has 1 aromatic heterocycles. The summed E-state index contributed by atoms with van der Waals surface area (Å²) < 4.78 is 0. The fourth-order valence-electron chi connectivity index (χ4n) is 1.07. The number of ketones is 1. The number of aromatic nitrogens is 1. The summed E-state index contributed by atoms with van der Waals surface area (Å²) in [5.74, 6) is 0.101. The molecule has 64 valence electrons. The van der Waals surface area contributed by atoms with Gasteiger partial charge in [0.1, 0.15) is 0 Å². The number of carbonyl (C=O) groups excluding carboxylic acids is 1. The van der Waals surface area contributed by atoms with Crippen molar-refractivity contribution in [1.29, 1.82) is 0 Å². The van der Waals surface area contributed by atoms with Gasteiger partial charge in [-0.05, 0) is 26.0 Å². The Hall–Kier alpha value is -0.700. The average molecular weight is 228 g/mol. The van der Waals surface area contributed by atoms with Crippen molar-refractivity contribution >= 4 is 21.7 Å². The fourth-order valence-corrected chi connectivity index (χ4v) is 1.40. The third-order valence-electron chi connectivity index (χ3n) is 1.52. The first kappa shape index (κ1) is 9.39. The molecule has 0 aliphatic carbocycles. The van der Waals surface area contributed by atoms with Gasteiger partial charge in [0.25, 0.3) is 0 Å². The molecule has 0 saturated carbocycles. The second kappa shape index (κ2) is 3.81. The highest BCUT2D eigenvalue weighted by atomic mass is 79.9. The second-order valence-electron chi connectivity index (χ2n) is 2.70. The van der Waals surface area contributed by atoms with Crippen LogP contribution in [0, 0.1) is 13.8 Å². The first-order valence-electron chi connectivity index (χ1n) is 3.68. The molecule has 0 N–H and O–H groups in total. The molecule has 3 heteroatoms. The maximum atomic E-state index is 11.2. The van der Waals surface area contributed by atoms with E-state index in [0.717, 1.165) is 17.0 Å². The van der Waals surface area contributed by atoms with E-state index in [1.807, 2.05) is 13.8 Å². The first-order chi connectivity index (χ1) is 5.63. The van der Waals surface area contributed by atoms with Crippen molar-refractivity contribution in [2.24, 2.45) is 0 Å². The van der Waals surface area contributed by atoms with Crippen molar-refractivity contribution in [1.82, 2.24) is 4.98 Å². The molecule has 0 aliphatic heterocycles. The zero-order valence-electron chi connectivity index (χ0n) is 7.10. The molecule has 0 aromatic carbocycles. The van der Waals surface area contributed by atoms with Crippen LogP contribution in [0.3, 0.4) is 0 Å². The summed E-state index contributed by atoms with van der Waals surface area (Å²) in [6.07, 6.45) is 0. The van der Waals surface area contributed by atoms with Gasteiger partial charge in [-0.3, -0.25) is 9.78 Å². The van der Waals surface area contributed by atoms with Gasteiger partial charge in [0.2, 0.25) is 0 Å². The van der Waals surface area contributed by atoms with Gasteiger partial charge in [-0.2, -0.15) is 0 Å². The number of Topliss-reactive ketones (excluding diaryl/α,β-unsaturated/α-hetero) is 1. The normalized spacial score (nSPS) is 9.92. The standard InChI is InChI=1S/C9H10BrNO/c1-6-3-8(9(12)5-10)4-7(2)11-6/h3-4H,5H2,1-2H3. The molecular weight excluding hydrogens is 218 g/mol. The summed E-state index contributed by atoms with van der Waals surface area (Å²) in [5.41, 5.74) is 2.51. The van der Waals surface area contributed by atoms with Crippen molar-refractivity contribution in [3.05, 3.63) is 29.1 Å². The minimum atomic E-state index is 0.101. The molecule has 0 atom stereocenters. The monoisotopic (exact) mass is 227 g/mol. The lowest BCUT2D eigenvalue weighted by Crippen LogP contribution is -2.02. The summed E-state index contributed by atoms with van der Waals surface area (Å²) >= 11 is 3.13. The minimum absolute atomic E-state index is 0.101. The van der Waals surface area contributed by atoms with Crippen molar-refractivity contribution in [3.8, 4) is 0 Å². The summed E-state index contributed by atoms with van der Waals surface area (Å²) in [7, 11) is 0. The molecule has 1 heterocycles. The van der Waals surface area contributed by atoms with Crippen LogP contribution in [0.1, 0.15) is 21.7 Å². The van der Waals surface area contributed by atoms with Crippen molar-refractivity contribution < 1.29 is 4.79 Å². The highest BCUT2D eigenvalue weighted by molar-refractivity contribution is 9.09. The van der Waals surface area contributed by atoms with Gasteiger partial charge in [0.05, 0.1) is 5.33 Å². The maximum Gasteiger partial charge on any atom is 0.173 e. The molecule has 1 aromatic rings. The number of halogens is 1. The third-order valence-corrected chi connectivity index (χ3v) is 2.03. The van der Waals surface area contributed by atoms with Crippen LogP contribution in [0.4, 0.5) is 0 Å². The lowest BCUT2D eigenvalue weighted by Gasteiger charge is -2.00. The van der Waals surface area contributed by atoms with Gasteiger partial charge in [-0.25, -0.2) is 0 Å². The van der Waals surface area contributed by atoms with Crippen LogP contribution in [-0.4, -0.2) is 16.1 Å². The van der Waals surface area contributed by atoms with E-state index in [0.29, 0.717) is 5.33 Å². The highest BCUT2D eigenvalue weighted by Gasteiger charge is 2.04.